The molecule has 0 amide bonds. The number of nitrogens with one attached hydrogen (secondary N) is 3. The predicted octanol–water partition coefficient (Wildman–Crippen LogP) is 6.65. The van der Waals surface area contributed by atoms with Gasteiger partial charge in [-0.3, -0.25) is 10.1 Å². The number of allylic oxidation sites excluding steroid dienone is 3. The van der Waals surface area contributed by atoms with Gasteiger partial charge >= 0.3 is 0 Å². The average molecular weight is 500 g/mol. The fraction of sp³-hybridized carbons (Fsp3) is 0.214. The van der Waals surface area contributed by atoms with Gasteiger partial charge in [-0.05, 0) is 73.9 Å². The van der Waals surface area contributed by atoms with Crippen molar-refractivity contribution in [2.45, 2.75) is 33.2 Å². The van der Waals surface area contributed by atoms with E-state index in [1.54, 1.807) is 12.4 Å². The molecule has 3 aromatic rings. The molecule has 0 fully saturated rings. The monoisotopic (exact) mass is 499 g/mol. The van der Waals surface area contributed by atoms with E-state index in [1.165, 1.54) is 0 Å². The number of pyridine rings is 1. The number of aromatic amines is 1. The van der Waals surface area contributed by atoms with E-state index in [0.717, 1.165) is 34.8 Å². The van der Waals surface area contributed by atoms with Crippen molar-refractivity contribution in [1.82, 2.24) is 20.5 Å². The van der Waals surface area contributed by atoms with E-state index in [1.807, 2.05) is 73.7 Å². The van der Waals surface area contributed by atoms with Gasteiger partial charge in [-0.2, -0.15) is 10.1 Å². The molecule has 3 heterocycles. The first-order valence-electron chi connectivity index (χ1n) is 11.9. The molecule has 2 atom stereocenters. The number of H-pyrrole nitrogens is 1. The molecule has 8 heteroatoms. The Morgan fingerprint density at radius 1 is 1.08 bits per heavy atom. The molecule has 1 aliphatic rings. The predicted molar refractivity (Wildman–Crippen MR) is 150 cm³/mol. The molecule has 7 nitrogen and oxygen atoms in total. The second kappa shape index (κ2) is 12.1. The number of rotatable bonds is 7. The Morgan fingerprint density at radius 3 is 2.69 bits per heavy atom. The topological polar surface area (TPSA) is 90.3 Å². The van der Waals surface area contributed by atoms with Gasteiger partial charge in [-0.1, -0.05) is 42.8 Å². The lowest BCUT2D eigenvalue weighted by Gasteiger charge is -2.19. The molecule has 0 saturated heterocycles. The van der Waals surface area contributed by atoms with Crippen LogP contribution in [0.5, 0.6) is 0 Å². The van der Waals surface area contributed by atoms with Crippen molar-refractivity contribution < 1.29 is 0 Å². The van der Waals surface area contributed by atoms with Crippen molar-refractivity contribution in [3.05, 3.63) is 101 Å². The van der Waals surface area contributed by atoms with Crippen molar-refractivity contribution in [3.8, 4) is 0 Å². The SMILES string of the molecule is C/C=C/c1cc(NC2=N/C(NC(C)c3ccncc3)=C/CC(C)C(/C=C/c3cccc(Cl)c3)=N\2)n[nH]1. The summed E-state index contributed by atoms with van der Waals surface area (Å²) in [5, 5.41) is 14.8. The van der Waals surface area contributed by atoms with Crippen molar-refractivity contribution in [2.24, 2.45) is 15.9 Å². The highest BCUT2D eigenvalue weighted by atomic mass is 35.5. The molecule has 3 N–H and O–H groups in total. The molecule has 0 radical (unpaired) electrons. The minimum atomic E-state index is 0.0526. The Bertz CT molecular complexity index is 1320. The Morgan fingerprint density at radius 2 is 1.92 bits per heavy atom. The van der Waals surface area contributed by atoms with E-state index >= 15 is 0 Å². The summed E-state index contributed by atoms with van der Waals surface area (Å²) in [7, 11) is 0. The van der Waals surface area contributed by atoms with E-state index in [9.17, 15) is 0 Å². The average Bonchev–Trinajstić information content (AvgIpc) is 3.31. The molecular weight excluding hydrogens is 470 g/mol. The van der Waals surface area contributed by atoms with Crippen LogP contribution in [0.2, 0.25) is 5.02 Å². The minimum absolute atomic E-state index is 0.0526. The highest BCUT2D eigenvalue weighted by molar-refractivity contribution is 6.30. The minimum Gasteiger partial charge on any atom is -0.364 e. The quantitative estimate of drug-likeness (QED) is 0.339. The fourth-order valence-corrected chi connectivity index (χ4v) is 3.90. The van der Waals surface area contributed by atoms with Gasteiger partial charge in [-0.15, -0.1) is 0 Å². The van der Waals surface area contributed by atoms with Crippen LogP contribution in [0.3, 0.4) is 0 Å². The summed E-state index contributed by atoms with van der Waals surface area (Å²) in [4.78, 5) is 13.9. The smallest absolute Gasteiger partial charge is 0.230 e. The molecule has 1 aliphatic heterocycles. The van der Waals surface area contributed by atoms with Gasteiger partial charge in [0.1, 0.15) is 5.82 Å². The van der Waals surface area contributed by atoms with Crippen LogP contribution in [0.1, 0.15) is 50.1 Å². The summed E-state index contributed by atoms with van der Waals surface area (Å²) in [6.07, 6.45) is 14.4. The fourth-order valence-electron chi connectivity index (χ4n) is 3.70. The van der Waals surface area contributed by atoms with Crippen molar-refractivity contribution >= 4 is 41.2 Å². The van der Waals surface area contributed by atoms with Crippen LogP contribution in [0.15, 0.2) is 88.9 Å². The standard InChI is InChI=1S/C28H30ClN7/c1-4-6-24-18-27(36-35-24)34-28-32-25(11-10-21-7-5-8-23(29)17-21)19(2)9-12-26(33-28)31-20(3)22-13-15-30-16-14-22/h4-8,10-20,31H,9H2,1-3H3,(H2,33,34,35,36)/b6-4+,11-10+,26-12+,32-25-. The molecule has 0 bridgehead atoms. The van der Waals surface area contributed by atoms with Gasteiger partial charge in [0.15, 0.2) is 5.82 Å². The number of hydrogen-bond donors (Lipinski definition) is 3. The molecule has 1 aromatic carbocycles. The Hall–Kier alpha value is -3.97. The van der Waals surface area contributed by atoms with Crippen LogP contribution < -0.4 is 10.6 Å². The first kappa shape index (κ1) is 25.1. The maximum absolute atomic E-state index is 6.16. The van der Waals surface area contributed by atoms with Crippen LogP contribution in [0.25, 0.3) is 12.2 Å². The summed E-state index contributed by atoms with van der Waals surface area (Å²) >= 11 is 6.16. The maximum Gasteiger partial charge on any atom is 0.230 e. The van der Waals surface area contributed by atoms with E-state index in [-0.39, 0.29) is 12.0 Å². The van der Waals surface area contributed by atoms with Gasteiger partial charge in [0.25, 0.3) is 0 Å². The summed E-state index contributed by atoms with van der Waals surface area (Å²) < 4.78 is 0. The number of halogens is 1. The van der Waals surface area contributed by atoms with E-state index in [0.29, 0.717) is 16.8 Å². The van der Waals surface area contributed by atoms with E-state index in [2.05, 4.69) is 45.7 Å². The number of aliphatic imine (C=N–C) groups is 2. The second-order valence-electron chi connectivity index (χ2n) is 8.57. The number of aromatic nitrogens is 3. The summed E-state index contributed by atoms with van der Waals surface area (Å²) in [6, 6.07) is 13.7. The van der Waals surface area contributed by atoms with E-state index < -0.39 is 0 Å². The Balaban J connectivity index is 1.64. The highest BCUT2D eigenvalue weighted by Gasteiger charge is 2.15. The molecule has 4 rings (SSSR count). The summed E-state index contributed by atoms with van der Waals surface area (Å²) in [5.41, 5.74) is 3.94. The lowest BCUT2D eigenvalue weighted by atomic mass is 9.99. The molecule has 2 unspecified atom stereocenters. The second-order valence-corrected chi connectivity index (χ2v) is 9.00. The van der Waals surface area contributed by atoms with Crippen LogP contribution >= 0.6 is 11.6 Å². The largest absolute Gasteiger partial charge is 0.364 e. The number of guanidine groups is 1. The third kappa shape index (κ3) is 7.02. The Labute approximate surface area is 216 Å². The molecular formula is C28H30ClN7. The van der Waals surface area contributed by atoms with Crippen LogP contribution in [0, 0.1) is 5.92 Å². The van der Waals surface area contributed by atoms with Crippen molar-refractivity contribution in [3.63, 3.8) is 0 Å². The molecule has 2 aromatic heterocycles. The first-order valence-corrected chi connectivity index (χ1v) is 12.3. The number of hydrogen-bond acceptors (Lipinski definition) is 6. The van der Waals surface area contributed by atoms with E-state index in [4.69, 9.17) is 21.6 Å². The van der Waals surface area contributed by atoms with Crippen LogP contribution in [0.4, 0.5) is 5.82 Å². The lowest BCUT2D eigenvalue weighted by Crippen LogP contribution is -2.23. The number of anilines is 1. The molecule has 36 heavy (non-hydrogen) atoms. The summed E-state index contributed by atoms with van der Waals surface area (Å²) in [6.45, 7) is 6.22. The van der Waals surface area contributed by atoms with Crippen LogP contribution in [-0.2, 0) is 0 Å². The highest BCUT2D eigenvalue weighted by Crippen LogP contribution is 2.19. The molecule has 184 valence electrons. The zero-order chi connectivity index (χ0) is 25.3. The van der Waals surface area contributed by atoms with Gasteiger partial charge in [-0.25, -0.2) is 4.99 Å². The zero-order valence-electron chi connectivity index (χ0n) is 20.6. The van der Waals surface area contributed by atoms with Crippen LogP contribution in [-0.4, -0.2) is 26.9 Å². The molecule has 0 saturated carbocycles. The zero-order valence-corrected chi connectivity index (χ0v) is 21.4. The normalized spacial score (nSPS) is 21.6. The maximum atomic E-state index is 6.16. The number of benzene rings is 1. The molecule has 0 aliphatic carbocycles. The van der Waals surface area contributed by atoms with Gasteiger partial charge < -0.3 is 10.6 Å². The third-order valence-corrected chi connectivity index (χ3v) is 5.92. The molecule has 0 spiro atoms. The lowest BCUT2D eigenvalue weighted by molar-refractivity contribution is 0.638. The first-order chi connectivity index (χ1) is 17.5. The van der Waals surface area contributed by atoms with Gasteiger partial charge in [0.05, 0.1) is 11.7 Å². The van der Waals surface area contributed by atoms with Crippen molar-refractivity contribution in [2.75, 3.05) is 5.32 Å². The summed E-state index contributed by atoms with van der Waals surface area (Å²) in [5.74, 6) is 2.00. The third-order valence-electron chi connectivity index (χ3n) is 5.68. The van der Waals surface area contributed by atoms with Gasteiger partial charge in [0.2, 0.25) is 5.96 Å². The number of nitrogens with zero attached hydrogens (tertiary/aromatic N) is 4. The van der Waals surface area contributed by atoms with Crippen molar-refractivity contribution in [1.29, 1.82) is 0 Å². The Kier molecular flexibility index (Phi) is 8.47. The van der Waals surface area contributed by atoms with Gasteiger partial charge in [0, 0.05) is 35.1 Å².